The number of hydrogen-bond acceptors (Lipinski definition) is 4. The van der Waals surface area contributed by atoms with Gasteiger partial charge in [0.05, 0.1) is 17.1 Å². The summed E-state index contributed by atoms with van der Waals surface area (Å²) in [5, 5.41) is 11.6. The Labute approximate surface area is 128 Å². The number of sulfone groups is 1. The van der Waals surface area contributed by atoms with Gasteiger partial charge in [0.25, 0.3) is 0 Å². The number of nitrogens with zero attached hydrogens (tertiary/aromatic N) is 1. The summed E-state index contributed by atoms with van der Waals surface area (Å²) in [6, 6.07) is 5.61. The molecule has 22 heavy (non-hydrogen) atoms. The minimum atomic E-state index is -3.04. The van der Waals surface area contributed by atoms with Crippen LogP contribution in [-0.2, 0) is 16.4 Å². The standard InChI is InChI=1S/C14H18N2O5S/c1-16(12-5-6-22(20,21)9-12)14(19)15-8-10-3-2-4-11(7-10)13(17)18/h2-4,7,12H,5-6,8-9H2,1H3,(H,15,19)(H,17,18). The van der Waals surface area contributed by atoms with E-state index in [9.17, 15) is 18.0 Å². The number of aromatic carboxylic acids is 1. The first-order valence-corrected chi connectivity index (χ1v) is 8.64. The summed E-state index contributed by atoms with van der Waals surface area (Å²) in [5.41, 5.74) is 0.822. The Bertz CT molecular complexity index is 686. The molecule has 1 atom stereocenters. The van der Waals surface area contributed by atoms with Crippen molar-refractivity contribution in [1.29, 1.82) is 0 Å². The van der Waals surface area contributed by atoms with E-state index in [2.05, 4.69) is 5.32 Å². The predicted octanol–water partition coefficient (Wildman–Crippen LogP) is 0.713. The second-order valence-electron chi connectivity index (χ2n) is 5.33. The van der Waals surface area contributed by atoms with E-state index in [1.165, 1.54) is 17.0 Å². The van der Waals surface area contributed by atoms with Gasteiger partial charge in [0.1, 0.15) is 0 Å². The molecule has 0 radical (unpaired) electrons. The van der Waals surface area contributed by atoms with Crippen molar-refractivity contribution in [2.45, 2.75) is 19.0 Å². The summed E-state index contributed by atoms with van der Waals surface area (Å²) in [4.78, 5) is 24.3. The van der Waals surface area contributed by atoms with Gasteiger partial charge in [0.2, 0.25) is 0 Å². The second kappa shape index (κ2) is 6.35. The predicted molar refractivity (Wildman–Crippen MR) is 80.5 cm³/mol. The van der Waals surface area contributed by atoms with Gasteiger partial charge in [-0.3, -0.25) is 0 Å². The summed E-state index contributed by atoms with van der Waals surface area (Å²) < 4.78 is 22.9. The molecular formula is C14H18N2O5S. The summed E-state index contributed by atoms with van der Waals surface area (Å²) >= 11 is 0. The normalized spacial score (nSPS) is 19.6. The van der Waals surface area contributed by atoms with Crippen molar-refractivity contribution in [3.8, 4) is 0 Å². The topological polar surface area (TPSA) is 104 Å². The van der Waals surface area contributed by atoms with Crippen molar-refractivity contribution in [3.05, 3.63) is 35.4 Å². The number of urea groups is 1. The lowest BCUT2D eigenvalue weighted by Crippen LogP contribution is -2.43. The molecule has 7 nitrogen and oxygen atoms in total. The molecule has 1 aliphatic rings. The lowest BCUT2D eigenvalue weighted by atomic mass is 10.1. The lowest BCUT2D eigenvalue weighted by Gasteiger charge is -2.23. The highest BCUT2D eigenvalue weighted by Gasteiger charge is 2.32. The zero-order valence-electron chi connectivity index (χ0n) is 12.2. The van der Waals surface area contributed by atoms with Crippen LogP contribution in [0.25, 0.3) is 0 Å². The van der Waals surface area contributed by atoms with E-state index in [-0.39, 0.29) is 35.7 Å². The molecule has 0 bridgehead atoms. The van der Waals surface area contributed by atoms with E-state index >= 15 is 0 Å². The van der Waals surface area contributed by atoms with Crippen LogP contribution in [-0.4, -0.2) is 55.0 Å². The molecule has 8 heteroatoms. The number of carbonyl (C=O) groups is 2. The van der Waals surface area contributed by atoms with Crippen LogP contribution in [0.5, 0.6) is 0 Å². The molecule has 1 aliphatic heterocycles. The van der Waals surface area contributed by atoms with Gasteiger partial charge >= 0.3 is 12.0 Å². The van der Waals surface area contributed by atoms with Crippen LogP contribution in [0.2, 0.25) is 0 Å². The molecule has 1 saturated heterocycles. The van der Waals surface area contributed by atoms with Crippen LogP contribution < -0.4 is 5.32 Å². The summed E-state index contributed by atoms with van der Waals surface area (Å²) in [6.07, 6.45) is 0.445. The third kappa shape index (κ3) is 3.97. The summed E-state index contributed by atoms with van der Waals surface area (Å²) in [7, 11) is -1.48. The quantitative estimate of drug-likeness (QED) is 0.848. The number of rotatable bonds is 4. The summed E-state index contributed by atoms with van der Waals surface area (Å²) in [5.74, 6) is -0.928. The molecule has 1 heterocycles. The van der Waals surface area contributed by atoms with E-state index in [1.54, 1.807) is 19.2 Å². The minimum Gasteiger partial charge on any atom is -0.478 e. The van der Waals surface area contributed by atoms with Gasteiger partial charge in [-0.2, -0.15) is 0 Å². The molecule has 2 N–H and O–H groups in total. The van der Waals surface area contributed by atoms with Gasteiger partial charge in [-0.1, -0.05) is 12.1 Å². The average Bonchev–Trinajstić information content (AvgIpc) is 2.84. The first-order chi connectivity index (χ1) is 10.3. The van der Waals surface area contributed by atoms with Gasteiger partial charge in [-0.05, 0) is 24.1 Å². The van der Waals surface area contributed by atoms with Gasteiger partial charge in [-0.15, -0.1) is 0 Å². The van der Waals surface area contributed by atoms with Crippen LogP contribution in [0.3, 0.4) is 0 Å². The third-order valence-electron chi connectivity index (χ3n) is 3.69. The average molecular weight is 326 g/mol. The van der Waals surface area contributed by atoms with E-state index in [4.69, 9.17) is 5.11 Å². The molecule has 1 unspecified atom stereocenters. The van der Waals surface area contributed by atoms with Gasteiger partial charge < -0.3 is 15.3 Å². The smallest absolute Gasteiger partial charge is 0.335 e. The van der Waals surface area contributed by atoms with Crippen LogP contribution >= 0.6 is 0 Å². The van der Waals surface area contributed by atoms with Crippen molar-refractivity contribution < 1.29 is 23.1 Å². The van der Waals surface area contributed by atoms with Crippen LogP contribution in [0.1, 0.15) is 22.3 Å². The molecule has 0 aromatic heterocycles. The number of hydrogen-bond donors (Lipinski definition) is 2. The van der Waals surface area contributed by atoms with Crippen LogP contribution in [0, 0.1) is 0 Å². The Balaban J connectivity index is 1.92. The number of carbonyl (C=O) groups excluding carboxylic acids is 1. The molecule has 1 fully saturated rings. The highest BCUT2D eigenvalue weighted by molar-refractivity contribution is 7.91. The van der Waals surface area contributed by atoms with Crippen molar-refractivity contribution in [1.82, 2.24) is 10.2 Å². The molecule has 0 saturated carbocycles. The number of benzene rings is 1. The lowest BCUT2D eigenvalue weighted by molar-refractivity contribution is 0.0696. The maximum atomic E-state index is 12.0. The Morgan fingerprint density at radius 2 is 2.14 bits per heavy atom. The Morgan fingerprint density at radius 3 is 2.73 bits per heavy atom. The number of carboxylic acid groups (broad SMARTS) is 1. The highest BCUT2D eigenvalue weighted by Crippen LogP contribution is 2.16. The van der Waals surface area contributed by atoms with Crippen LogP contribution in [0.4, 0.5) is 4.79 Å². The van der Waals surface area contributed by atoms with E-state index in [0.717, 1.165) is 0 Å². The van der Waals surface area contributed by atoms with Crippen molar-refractivity contribution in [3.63, 3.8) is 0 Å². The Hall–Kier alpha value is -2.09. The highest BCUT2D eigenvalue weighted by atomic mass is 32.2. The number of nitrogens with one attached hydrogen (secondary N) is 1. The first-order valence-electron chi connectivity index (χ1n) is 6.82. The maximum Gasteiger partial charge on any atom is 0.335 e. The summed E-state index contributed by atoms with van der Waals surface area (Å²) in [6.45, 7) is 0.184. The molecule has 1 aromatic rings. The molecular weight excluding hydrogens is 308 g/mol. The second-order valence-corrected chi connectivity index (χ2v) is 7.56. The van der Waals surface area contributed by atoms with E-state index < -0.39 is 15.8 Å². The molecule has 0 spiro atoms. The zero-order valence-corrected chi connectivity index (χ0v) is 13.0. The molecule has 1 aromatic carbocycles. The molecule has 120 valence electrons. The van der Waals surface area contributed by atoms with Gasteiger partial charge in [0, 0.05) is 19.6 Å². The van der Waals surface area contributed by atoms with Crippen molar-refractivity contribution in [2.75, 3.05) is 18.6 Å². The number of amides is 2. The van der Waals surface area contributed by atoms with Gasteiger partial charge in [0.15, 0.2) is 9.84 Å². The fourth-order valence-electron chi connectivity index (χ4n) is 2.36. The molecule has 2 amide bonds. The van der Waals surface area contributed by atoms with E-state index in [1.807, 2.05) is 0 Å². The van der Waals surface area contributed by atoms with Crippen LogP contribution in [0.15, 0.2) is 24.3 Å². The SMILES string of the molecule is CN(C(=O)NCc1cccc(C(=O)O)c1)C1CCS(=O)(=O)C1. The van der Waals surface area contributed by atoms with Gasteiger partial charge in [-0.25, -0.2) is 18.0 Å². The minimum absolute atomic E-state index is 0.00851. The largest absolute Gasteiger partial charge is 0.478 e. The first kappa shape index (κ1) is 16.3. The van der Waals surface area contributed by atoms with Crippen molar-refractivity contribution >= 4 is 21.8 Å². The Kier molecular flexibility index (Phi) is 4.70. The van der Waals surface area contributed by atoms with E-state index in [0.29, 0.717) is 12.0 Å². The fourth-order valence-corrected chi connectivity index (χ4v) is 4.14. The third-order valence-corrected chi connectivity index (χ3v) is 5.44. The molecule has 0 aliphatic carbocycles. The monoisotopic (exact) mass is 326 g/mol. The van der Waals surface area contributed by atoms with Crippen molar-refractivity contribution in [2.24, 2.45) is 0 Å². The molecule has 2 rings (SSSR count). The Morgan fingerprint density at radius 1 is 1.41 bits per heavy atom. The fraction of sp³-hybridized carbons (Fsp3) is 0.429. The zero-order chi connectivity index (χ0) is 16.3. The number of carboxylic acids is 1. The maximum absolute atomic E-state index is 12.0.